The first-order valence-electron chi connectivity index (χ1n) is 8.13. The number of methoxy groups -OCH3 is 1. The van der Waals surface area contributed by atoms with E-state index in [1.807, 2.05) is 19.1 Å². The third kappa shape index (κ3) is 6.48. The third-order valence-corrected chi connectivity index (χ3v) is 3.85. The lowest BCUT2D eigenvalue weighted by atomic mass is 10.1. The predicted octanol–water partition coefficient (Wildman–Crippen LogP) is 3.29. The van der Waals surface area contributed by atoms with Crippen molar-refractivity contribution in [2.75, 3.05) is 26.8 Å². The molecule has 124 valence electrons. The molecular formula is C18H29NO3. The van der Waals surface area contributed by atoms with Crippen molar-refractivity contribution >= 4 is 5.97 Å². The predicted molar refractivity (Wildman–Crippen MR) is 89.3 cm³/mol. The fraction of sp³-hybridized carbons (Fsp3) is 0.611. The fourth-order valence-electron chi connectivity index (χ4n) is 2.58. The molecule has 0 aliphatic rings. The van der Waals surface area contributed by atoms with Gasteiger partial charge in [-0.3, -0.25) is 4.79 Å². The standard InChI is InChI=1S/C18H29NO3/c1-5-19(13-7-8-18(20)22-6-2)15(3)14-16-9-11-17(21-4)12-10-16/h9-12,15H,5-8,13-14H2,1-4H3/t15-/m0/s1. The first-order valence-corrected chi connectivity index (χ1v) is 8.13. The highest BCUT2D eigenvalue weighted by atomic mass is 16.5. The molecule has 0 fully saturated rings. The first kappa shape index (κ1) is 18.5. The molecule has 22 heavy (non-hydrogen) atoms. The van der Waals surface area contributed by atoms with E-state index in [0.717, 1.165) is 31.7 Å². The molecule has 0 unspecified atom stereocenters. The normalized spacial score (nSPS) is 12.2. The van der Waals surface area contributed by atoms with E-state index < -0.39 is 0 Å². The van der Waals surface area contributed by atoms with Gasteiger partial charge in [-0.2, -0.15) is 0 Å². The van der Waals surface area contributed by atoms with Crippen LogP contribution in [0.25, 0.3) is 0 Å². The second-order valence-corrected chi connectivity index (χ2v) is 5.44. The summed E-state index contributed by atoms with van der Waals surface area (Å²) < 4.78 is 10.1. The molecule has 1 aromatic rings. The topological polar surface area (TPSA) is 38.8 Å². The van der Waals surface area contributed by atoms with E-state index in [-0.39, 0.29) is 5.97 Å². The van der Waals surface area contributed by atoms with Crippen molar-refractivity contribution in [3.8, 4) is 5.75 Å². The molecule has 1 aromatic carbocycles. The third-order valence-electron chi connectivity index (χ3n) is 3.85. The molecule has 0 aliphatic heterocycles. The van der Waals surface area contributed by atoms with Crippen LogP contribution < -0.4 is 4.74 Å². The second-order valence-electron chi connectivity index (χ2n) is 5.44. The minimum atomic E-state index is -0.0960. The minimum absolute atomic E-state index is 0.0960. The average Bonchev–Trinajstić information content (AvgIpc) is 2.52. The van der Waals surface area contributed by atoms with Crippen LogP contribution in [0, 0.1) is 0 Å². The zero-order chi connectivity index (χ0) is 16.4. The van der Waals surface area contributed by atoms with E-state index >= 15 is 0 Å². The molecular weight excluding hydrogens is 278 g/mol. The van der Waals surface area contributed by atoms with Crippen molar-refractivity contribution in [3.05, 3.63) is 29.8 Å². The maximum absolute atomic E-state index is 11.4. The molecule has 0 saturated heterocycles. The Morgan fingerprint density at radius 2 is 1.91 bits per heavy atom. The highest BCUT2D eigenvalue weighted by molar-refractivity contribution is 5.69. The number of carbonyl (C=O) groups is 1. The highest BCUT2D eigenvalue weighted by Gasteiger charge is 2.13. The van der Waals surface area contributed by atoms with Crippen LogP contribution in [0.4, 0.5) is 0 Å². The van der Waals surface area contributed by atoms with Gasteiger partial charge in [0.1, 0.15) is 5.75 Å². The van der Waals surface area contributed by atoms with E-state index in [1.165, 1.54) is 5.56 Å². The molecule has 0 spiro atoms. The van der Waals surface area contributed by atoms with E-state index in [2.05, 4.69) is 30.9 Å². The summed E-state index contributed by atoms with van der Waals surface area (Å²) in [7, 11) is 1.68. The minimum Gasteiger partial charge on any atom is -0.497 e. The summed E-state index contributed by atoms with van der Waals surface area (Å²) in [5.41, 5.74) is 1.30. The van der Waals surface area contributed by atoms with Gasteiger partial charge in [0.15, 0.2) is 0 Å². The first-order chi connectivity index (χ1) is 10.6. The monoisotopic (exact) mass is 307 g/mol. The van der Waals surface area contributed by atoms with E-state index in [4.69, 9.17) is 9.47 Å². The number of benzene rings is 1. The Balaban J connectivity index is 2.42. The summed E-state index contributed by atoms with van der Waals surface area (Å²) in [5.74, 6) is 0.791. The lowest BCUT2D eigenvalue weighted by Crippen LogP contribution is -2.35. The zero-order valence-corrected chi connectivity index (χ0v) is 14.3. The Morgan fingerprint density at radius 3 is 2.45 bits per heavy atom. The van der Waals surface area contributed by atoms with Crippen LogP contribution in [0.1, 0.15) is 39.2 Å². The Morgan fingerprint density at radius 1 is 1.23 bits per heavy atom. The number of rotatable bonds is 10. The molecule has 0 heterocycles. The summed E-state index contributed by atoms with van der Waals surface area (Å²) in [5, 5.41) is 0. The van der Waals surface area contributed by atoms with Crippen LogP contribution in [0.5, 0.6) is 5.75 Å². The number of hydrogen-bond acceptors (Lipinski definition) is 4. The summed E-state index contributed by atoms with van der Waals surface area (Å²) >= 11 is 0. The lowest BCUT2D eigenvalue weighted by Gasteiger charge is -2.28. The smallest absolute Gasteiger partial charge is 0.305 e. The quantitative estimate of drug-likeness (QED) is 0.622. The second kappa shape index (κ2) is 10.2. The number of carbonyl (C=O) groups excluding carboxylic acids is 1. The Labute approximate surface area is 134 Å². The van der Waals surface area contributed by atoms with Gasteiger partial charge in [0.2, 0.25) is 0 Å². The van der Waals surface area contributed by atoms with Crippen molar-refractivity contribution in [2.45, 2.75) is 46.1 Å². The molecule has 1 rings (SSSR count). The van der Waals surface area contributed by atoms with Crippen LogP contribution in [0.15, 0.2) is 24.3 Å². The molecule has 0 saturated carbocycles. The number of likely N-dealkylation sites (N-methyl/N-ethyl adjacent to an activating group) is 1. The van der Waals surface area contributed by atoms with Gasteiger partial charge in [-0.15, -0.1) is 0 Å². The van der Waals surface area contributed by atoms with Gasteiger partial charge < -0.3 is 14.4 Å². The van der Waals surface area contributed by atoms with E-state index in [1.54, 1.807) is 7.11 Å². The molecule has 0 N–H and O–H groups in total. The van der Waals surface area contributed by atoms with Gasteiger partial charge in [-0.25, -0.2) is 0 Å². The summed E-state index contributed by atoms with van der Waals surface area (Å²) in [6.45, 7) is 8.61. The number of esters is 1. The summed E-state index contributed by atoms with van der Waals surface area (Å²) in [6.07, 6.45) is 2.34. The van der Waals surface area contributed by atoms with Gasteiger partial charge in [-0.1, -0.05) is 19.1 Å². The van der Waals surface area contributed by atoms with Gasteiger partial charge in [0, 0.05) is 12.5 Å². The molecule has 0 amide bonds. The molecule has 1 atom stereocenters. The van der Waals surface area contributed by atoms with Crippen LogP contribution in [-0.2, 0) is 16.0 Å². The molecule has 0 aliphatic carbocycles. The molecule has 0 aromatic heterocycles. The maximum atomic E-state index is 11.4. The zero-order valence-electron chi connectivity index (χ0n) is 14.3. The Hall–Kier alpha value is -1.55. The highest BCUT2D eigenvalue weighted by Crippen LogP contribution is 2.15. The van der Waals surface area contributed by atoms with Crippen molar-refractivity contribution in [3.63, 3.8) is 0 Å². The van der Waals surface area contributed by atoms with E-state index in [9.17, 15) is 4.79 Å². The lowest BCUT2D eigenvalue weighted by molar-refractivity contribution is -0.143. The Bertz CT molecular complexity index is 430. The van der Waals surface area contributed by atoms with Crippen LogP contribution in [0.3, 0.4) is 0 Å². The largest absolute Gasteiger partial charge is 0.497 e. The molecule has 0 bridgehead atoms. The van der Waals surface area contributed by atoms with E-state index in [0.29, 0.717) is 19.1 Å². The van der Waals surface area contributed by atoms with Gasteiger partial charge in [0.25, 0.3) is 0 Å². The number of nitrogens with zero attached hydrogens (tertiary/aromatic N) is 1. The summed E-state index contributed by atoms with van der Waals surface area (Å²) in [4.78, 5) is 13.8. The molecule has 0 radical (unpaired) electrons. The summed E-state index contributed by atoms with van der Waals surface area (Å²) in [6, 6.07) is 8.67. The SMILES string of the molecule is CCOC(=O)CCCN(CC)[C@@H](C)Cc1ccc(OC)cc1. The van der Waals surface area contributed by atoms with Crippen molar-refractivity contribution in [1.29, 1.82) is 0 Å². The molecule has 4 heteroatoms. The maximum Gasteiger partial charge on any atom is 0.305 e. The van der Waals surface area contributed by atoms with Crippen molar-refractivity contribution < 1.29 is 14.3 Å². The van der Waals surface area contributed by atoms with Gasteiger partial charge in [0.05, 0.1) is 13.7 Å². The van der Waals surface area contributed by atoms with Crippen molar-refractivity contribution in [2.24, 2.45) is 0 Å². The average molecular weight is 307 g/mol. The number of hydrogen-bond donors (Lipinski definition) is 0. The number of ether oxygens (including phenoxy) is 2. The fourth-order valence-corrected chi connectivity index (χ4v) is 2.58. The van der Waals surface area contributed by atoms with Crippen LogP contribution >= 0.6 is 0 Å². The van der Waals surface area contributed by atoms with Crippen LogP contribution in [-0.4, -0.2) is 43.7 Å². The van der Waals surface area contributed by atoms with Crippen LogP contribution in [0.2, 0.25) is 0 Å². The molecule has 4 nitrogen and oxygen atoms in total. The van der Waals surface area contributed by atoms with Crippen molar-refractivity contribution in [1.82, 2.24) is 4.90 Å². The Kier molecular flexibility index (Phi) is 8.60. The van der Waals surface area contributed by atoms with Gasteiger partial charge >= 0.3 is 5.97 Å². The van der Waals surface area contributed by atoms with Gasteiger partial charge in [-0.05, 0) is 57.5 Å².